The van der Waals surface area contributed by atoms with Crippen molar-refractivity contribution in [2.24, 2.45) is 4.99 Å². The van der Waals surface area contributed by atoms with Crippen LogP contribution in [0.2, 0.25) is 0 Å². The molecule has 0 radical (unpaired) electrons. The van der Waals surface area contributed by atoms with Gasteiger partial charge in [-0.1, -0.05) is 17.7 Å². The number of rotatable bonds is 8. The average Bonchev–Trinajstić information content (AvgIpc) is 3.37. The molecule has 1 aliphatic heterocycles. The van der Waals surface area contributed by atoms with Gasteiger partial charge in [0, 0.05) is 50.6 Å². The highest BCUT2D eigenvalue weighted by Crippen LogP contribution is 2.24. The number of anilines is 1. The molecule has 0 unspecified atom stereocenters. The molecule has 0 atom stereocenters. The Morgan fingerprint density at radius 2 is 2.10 bits per heavy atom. The molecule has 0 saturated carbocycles. The van der Waals surface area contributed by atoms with Gasteiger partial charge in [-0.2, -0.15) is 8.78 Å². The first-order chi connectivity index (χ1) is 14.0. The van der Waals surface area contributed by atoms with Crippen LogP contribution in [0.25, 0.3) is 0 Å². The van der Waals surface area contributed by atoms with Crippen molar-refractivity contribution in [1.29, 1.82) is 0 Å². The molecule has 2 heterocycles. The van der Waals surface area contributed by atoms with Gasteiger partial charge in [0.1, 0.15) is 5.75 Å². The summed E-state index contributed by atoms with van der Waals surface area (Å²) in [5.41, 5.74) is 2.69. The highest BCUT2D eigenvalue weighted by molar-refractivity contribution is 7.13. The van der Waals surface area contributed by atoms with Crippen LogP contribution in [0.15, 0.2) is 28.6 Å². The van der Waals surface area contributed by atoms with Crippen molar-refractivity contribution in [2.45, 2.75) is 39.3 Å². The van der Waals surface area contributed by atoms with Gasteiger partial charge in [-0.25, -0.2) is 4.98 Å². The number of halogens is 2. The van der Waals surface area contributed by atoms with Crippen molar-refractivity contribution >= 4 is 22.4 Å². The maximum absolute atomic E-state index is 12.6. The highest BCUT2D eigenvalue weighted by Gasteiger charge is 2.15. The number of hydrogen-bond donors (Lipinski definition) is 2. The fraction of sp³-hybridized carbons (Fsp3) is 0.500. The Balaban J connectivity index is 1.48. The van der Waals surface area contributed by atoms with Crippen LogP contribution in [0.4, 0.5) is 13.9 Å². The molecule has 2 N–H and O–H groups in total. The first-order valence-electron chi connectivity index (χ1n) is 9.73. The summed E-state index contributed by atoms with van der Waals surface area (Å²) in [5, 5.41) is 9.60. The number of guanidine groups is 1. The molecule has 1 saturated heterocycles. The number of thiazole rings is 1. The topological polar surface area (TPSA) is 61.8 Å². The Bertz CT molecular complexity index is 821. The van der Waals surface area contributed by atoms with Crippen molar-refractivity contribution in [3.8, 4) is 5.75 Å². The summed E-state index contributed by atoms with van der Waals surface area (Å²) < 4.78 is 29.8. The Kier molecular flexibility index (Phi) is 7.62. The van der Waals surface area contributed by atoms with Gasteiger partial charge in [-0.3, -0.25) is 4.99 Å². The molecule has 0 spiro atoms. The third-order valence-electron chi connectivity index (χ3n) is 4.69. The maximum Gasteiger partial charge on any atom is 0.387 e. The van der Waals surface area contributed by atoms with E-state index in [9.17, 15) is 8.78 Å². The van der Waals surface area contributed by atoms with E-state index in [0.29, 0.717) is 24.6 Å². The van der Waals surface area contributed by atoms with E-state index in [4.69, 9.17) is 4.98 Å². The minimum Gasteiger partial charge on any atom is -0.434 e. The molecule has 3 rings (SSSR count). The lowest BCUT2D eigenvalue weighted by molar-refractivity contribution is -0.0504. The second-order valence-corrected chi connectivity index (χ2v) is 7.74. The summed E-state index contributed by atoms with van der Waals surface area (Å²) in [6, 6.07) is 5.14. The zero-order valence-corrected chi connectivity index (χ0v) is 17.6. The smallest absolute Gasteiger partial charge is 0.387 e. The molecule has 9 heteroatoms. The second kappa shape index (κ2) is 10.4. The lowest BCUT2D eigenvalue weighted by Crippen LogP contribution is -2.38. The summed E-state index contributed by atoms with van der Waals surface area (Å²) in [5.74, 6) is 0.773. The van der Waals surface area contributed by atoms with Crippen molar-refractivity contribution in [3.63, 3.8) is 0 Å². The first kappa shape index (κ1) is 21.3. The molecule has 2 aromatic rings. The van der Waals surface area contributed by atoms with Crippen LogP contribution in [0.3, 0.4) is 0 Å². The van der Waals surface area contributed by atoms with Crippen molar-refractivity contribution < 1.29 is 13.5 Å². The first-order valence-corrected chi connectivity index (χ1v) is 10.6. The monoisotopic (exact) mass is 423 g/mol. The van der Waals surface area contributed by atoms with Gasteiger partial charge in [0.05, 0.1) is 5.69 Å². The number of aliphatic imine (C=N–C) groups is 1. The van der Waals surface area contributed by atoms with Gasteiger partial charge < -0.3 is 20.3 Å². The van der Waals surface area contributed by atoms with Crippen LogP contribution in [0.5, 0.6) is 5.75 Å². The van der Waals surface area contributed by atoms with E-state index in [1.54, 1.807) is 30.5 Å². The van der Waals surface area contributed by atoms with E-state index in [-0.39, 0.29) is 5.75 Å². The molecular formula is C20H27F2N5OS. The Labute approximate surface area is 174 Å². The van der Waals surface area contributed by atoms with Gasteiger partial charge in [0.25, 0.3) is 0 Å². The van der Waals surface area contributed by atoms with E-state index < -0.39 is 6.61 Å². The zero-order valence-electron chi connectivity index (χ0n) is 16.8. The fourth-order valence-corrected chi connectivity index (χ4v) is 4.14. The predicted octanol–water partition coefficient (Wildman–Crippen LogP) is 3.56. The third-order valence-corrected chi connectivity index (χ3v) is 5.64. The Morgan fingerprint density at radius 3 is 2.83 bits per heavy atom. The second-order valence-electron chi connectivity index (χ2n) is 6.91. The van der Waals surface area contributed by atoms with Crippen molar-refractivity contribution in [2.75, 3.05) is 31.6 Å². The van der Waals surface area contributed by atoms with Crippen LogP contribution >= 0.6 is 11.3 Å². The van der Waals surface area contributed by atoms with Gasteiger partial charge in [0.2, 0.25) is 0 Å². The molecule has 0 bridgehead atoms. The lowest BCUT2D eigenvalue weighted by atomic mass is 10.1. The van der Waals surface area contributed by atoms with Crippen molar-refractivity contribution in [1.82, 2.24) is 15.6 Å². The maximum atomic E-state index is 12.6. The molecule has 0 amide bonds. The van der Waals surface area contributed by atoms with Gasteiger partial charge >= 0.3 is 6.61 Å². The van der Waals surface area contributed by atoms with Crippen molar-refractivity contribution in [3.05, 3.63) is 40.4 Å². The van der Waals surface area contributed by atoms with E-state index in [2.05, 4.69) is 30.6 Å². The number of ether oxygens (including phenoxy) is 1. The number of nitrogens with one attached hydrogen (secondary N) is 2. The van der Waals surface area contributed by atoms with Crippen LogP contribution in [0, 0.1) is 6.92 Å². The van der Waals surface area contributed by atoms with E-state index in [0.717, 1.165) is 35.9 Å². The van der Waals surface area contributed by atoms with Crippen LogP contribution in [0.1, 0.15) is 29.7 Å². The molecular weight excluding hydrogens is 396 g/mol. The molecule has 1 aromatic heterocycles. The molecule has 158 valence electrons. The Morgan fingerprint density at radius 1 is 1.31 bits per heavy atom. The number of nitrogens with zero attached hydrogens (tertiary/aromatic N) is 3. The summed E-state index contributed by atoms with van der Waals surface area (Å²) in [7, 11) is 1.68. The molecule has 1 aliphatic rings. The summed E-state index contributed by atoms with van der Waals surface area (Å²) in [6.45, 7) is 2.26. The molecule has 1 fully saturated rings. The Hall–Kier alpha value is -2.42. The minimum atomic E-state index is -2.85. The average molecular weight is 424 g/mol. The quantitative estimate of drug-likeness (QED) is 0.502. The number of aromatic nitrogens is 1. The van der Waals surface area contributed by atoms with E-state index >= 15 is 0 Å². The molecule has 0 aliphatic carbocycles. The molecule has 29 heavy (non-hydrogen) atoms. The standard InChI is InChI=1S/C20H27F2N5OS/c1-14-5-6-17(28-18(21)22)15(11-14)12-25-19(23-2)24-8-7-16-13-29-20(26-16)27-9-3-4-10-27/h5-6,11,13,18H,3-4,7-10,12H2,1-2H3,(H2,23,24,25). The number of benzene rings is 1. The predicted molar refractivity (Wildman–Crippen MR) is 113 cm³/mol. The van der Waals surface area contributed by atoms with Crippen LogP contribution < -0.4 is 20.3 Å². The van der Waals surface area contributed by atoms with Gasteiger partial charge in [-0.05, 0) is 25.8 Å². The van der Waals surface area contributed by atoms with Crippen LogP contribution in [-0.4, -0.2) is 44.2 Å². The summed E-state index contributed by atoms with van der Waals surface area (Å²) in [4.78, 5) is 11.2. The molecule has 6 nitrogen and oxygen atoms in total. The van der Waals surface area contributed by atoms with Gasteiger partial charge in [-0.15, -0.1) is 11.3 Å². The summed E-state index contributed by atoms with van der Waals surface area (Å²) in [6.07, 6.45) is 3.27. The third kappa shape index (κ3) is 6.28. The number of hydrogen-bond acceptors (Lipinski definition) is 5. The minimum absolute atomic E-state index is 0.172. The normalized spacial score (nSPS) is 14.5. The van der Waals surface area contributed by atoms with Gasteiger partial charge in [0.15, 0.2) is 11.1 Å². The van der Waals surface area contributed by atoms with E-state index in [1.807, 2.05) is 13.0 Å². The van der Waals surface area contributed by atoms with E-state index in [1.165, 1.54) is 12.8 Å². The van der Waals surface area contributed by atoms with Crippen LogP contribution in [-0.2, 0) is 13.0 Å². The summed E-state index contributed by atoms with van der Waals surface area (Å²) >= 11 is 1.69. The molecule has 1 aromatic carbocycles. The lowest BCUT2D eigenvalue weighted by Gasteiger charge is -2.15. The number of alkyl halides is 2. The fourth-order valence-electron chi connectivity index (χ4n) is 3.23. The largest absolute Gasteiger partial charge is 0.434 e. The zero-order chi connectivity index (χ0) is 20.6. The highest BCUT2D eigenvalue weighted by atomic mass is 32.1. The SMILES string of the molecule is CN=C(NCCc1csc(N2CCCC2)n1)NCc1cc(C)ccc1OC(F)F. The number of aryl methyl sites for hydroxylation is 1.